The number of benzene rings is 1. The Bertz CT molecular complexity index is 1030. The van der Waals surface area contributed by atoms with E-state index in [0.717, 1.165) is 43.9 Å². The second kappa shape index (κ2) is 8.14. The number of nitrogens with zero attached hydrogens (tertiary/aromatic N) is 4. The van der Waals surface area contributed by atoms with E-state index in [2.05, 4.69) is 32.1 Å². The Labute approximate surface area is 172 Å². The number of alkyl halides is 3. The van der Waals surface area contributed by atoms with Gasteiger partial charge >= 0.3 is 6.36 Å². The molecule has 0 saturated carbocycles. The van der Waals surface area contributed by atoms with Crippen LogP contribution >= 0.6 is 0 Å². The third kappa shape index (κ3) is 4.67. The minimum Gasteiger partial charge on any atom is -0.406 e. The van der Waals surface area contributed by atoms with Crippen molar-refractivity contribution in [3.8, 4) is 17.0 Å². The van der Waals surface area contributed by atoms with E-state index < -0.39 is 6.36 Å². The fourth-order valence-electron chi connectivity index (χ4n) is 3.74. The highest BCUT2D eigenvalue weighted by molar-refractivity contribution is 5.66. The number of imidazole rings is 1. The molecule has 30 heavy (non-hydrogen) atoms. The van der Waals surface area contributed by atoms with Crippen LogP contribution in [0.5, 0.6) is 5.75 Å². The molecule has 0 radical (unpaired) electrons. The zero-order chi connectivity index (χ0) is 21.3. The van der Waals surface area contributed by atoms with Crippen molar-refractivity contribution in [2.24, 2.45) is 5.92 Å². The SMILES string of the molecule is Cc1cc2ncc(-c3cccc(OC(F)(F)F)c3)n2nc1NCC1CCN(C)CC1. The molecule has 1 aliphatic rings. The summed E-state index contributed by atoms with van der Waals surface area (Å²) in [4.78, 5) is 6.70. The van der Waals surface area contributed by atoms with Crippen molar-refractivity contribution in [1.29, 1.82) is 0 Å². The highest BCUT2D eigenvalue weighted by atomic mass is 19.4. The van der Waals surface area contributed by atoms with Crippen LogP contribution in [0.1, 0.15) is 18.4 Å². The third-order valence-electron chi connectivity index (χ3n) is 5.44. The summed E-state index contributed by atoms with van der Waals surface area (Å²) in [5.41, 5.74) is 2.75. The van der Waals surface area contributed by atoms with Crippen molar-refractivity contribution in [1.82, 2.24) is 19.5 Å². The molecule has 3 aromatic rings. The largest absolute Gasteiger partial charge is 0.573 e. The molecule has 1 aromatic carbocycles. The van der Waals surface area contributed by atoms with Crippen LogP contribution in [0.25, 0.3) is 16.9 Å². The third-order valence-corrected chi connectivity index (χ3v) is 5.44. The molecular weight excluding hydrogens is 395 g/mol. The minimum atomic E-state index is -4.74. The smallest absolute Gasteiger partial charge is 0.406 e. The Morgan fingerprint density at radius 1 is 1.20 bits per heavy atom. The van der Waals surface area contributed by atoms with E-state index in [4.69, 9.17) is 0 Å². The Morgan fingerprint density at radius 2 is 1.97 bits per heavy atom. The van der Waals surface area contributed by atoms with E-state index in [-0.39, 0.29) is 5.75 Å². The van der Waals surface area contributed by atoms with Crippen LogP contribution in [-0.2, 0) is 0 Å². The molecule has 1 saturated heterocycles. The van der Waals surface area contributed by atoms with E-state index in [1.54, 1.807) is 16.8 Å². The molecule has 1 aliphatic heterocycles. The predicted molar refractivity (Wildman–Crippen MR) is 109 cm³/mol. The number of anilines is 1. The number of hydrogen-bond donors (Lipinski definition) is 1. The quantitative estimate of drug-likeness (QED) is 0.666. The molecule has 160 valence electrons. The molecule has 0 amide bonds. The first kappa shape index (κ1) is 20.5. The number of nitrogens with one attached hydrogen (secondary N) is 1. The van der Waals surface area contributed by atoms with Gasteiger partial charge in [0.2, 0.25) is 0 Å². The maximum absolute atomic E-state index is 12.6. The van der Waals surface area contributed by atoms with Gasteiger partial charge in [-0.2, -0.15) is 0 Å². The molecule has 9 heteroatoms. The van der Waals surface area contributed by atoms with Gasteiger partial charge in [-0.3, -0.25) is 0 Å². The number of piperidine rings is 1. The molecule has 1 N–H and O–H groups in total. The zero-order valence-corrected chi connectivity index (χ0v) is 16.9. The highest BCUT2D eigenvalue weighted by Gasteiger charge is 2.31. The second-order valence-corrected chi connectivity index (χ2v) is 7.79. The van der Waals surface area contributed by atoms with Gasteiger partial charge in [0.1, 0.15) is 11.6 Å². The lowest BCUT2D eigenvalue weighted by Gasteiger charge is -2.29. The van der Waals surface area contributed by atoms with E-state index in [1.165, 1.54) is 18.2 Å². The van der Waals surface area contributed by atoms with Gasteiger partial charge in [-0.1, -0.05) is 12.1 Å². The lowest BCUT2D eigenvalue weighted by atomic mass is 9.97. The number of hydrogen-bond acceptors (Lipinski definition) is 5. The van der Waals surface area contributed by atoms with Gasteiger partial charge in [-0.05, 0) is 69.6 Å². The van der Waals surface area contributed by atoms with E-state index in [1.807, 2.05) is 13.0 Å². The van der Waals surface area contributed by atoms with Crippen LogP contribution < -0.4 is 10.1 Å². The fourth-order valence-corrected chi connectivity index (χ4v) is 3.74. The first-order chi connectivity index (χ1) is 14.3. The molecule has 0 bridgehead atoms. The number of aryl methyl sites for hydroxylation is 1. The molecule has 0 aliphatic carbocycles. The maximum Gasteiger partial charge on any atom is 0.573 e. The molecule has 3 heterocycles. The number of likely N-dealkylation sites (tertiary alicyclic amines) is 1. The molecule has 0 atom stereocenters. The highest BCUT2D eigenvalue weighted by Crippen LogP contribution is 2.29. The predicted octanol–water partition coefficient (Wildman–Crippen LogP) is 4.36. The lowest BCUT2D eigenvalue weighted by Crippen LogP contribution is -2.33. The molecule has 0 unspecified atom stereocenters. The van der Waals surface area contributed by atoms with Crippen molar-refractivity contribution in [2.75, 3.05) is 32.0 Å². The first-order valence-electron chi connectivity index (χ1n) is 9.92. The molecule has 6 nitrogen and oxygen atoms in total. The molecule has 0 spiro atoms. The van der Waals surface area contributed by atoms with Crippen LogP contribution in [0.2, 0.25) is 0 Å². The number of rotatable bonds is 5. The summed E-state index contributed by atoms with van der Waals surface area (Å²) in [5, 5.41) is 8.13. The zero-order valence-electron chi connectivity index (χ0n) is 16.9. The van der Waals surface area contributed by atoms with E-state index >= 15 is 0 Å². The number of aromatic nitrogens is 3. The summed E-state index contributed by atoms with van der Waals surface area (Å²) in [7, 11) is 2.14. The normalized spacial score (nSPS) is 16.2. The van der Waals surface area contributed by atoms with Crippen molar-refractivity contribution in [2.45, 2.75) is 26.1 Å². The van der Waals surface area contributed by atoms with Crippen LogP contribution in [-0.4, -0.2) is 52.5 Å². The number of halogens is 3. The van der Waals surface area contributed by atoms with Crippen LogP contribution in [0.3, 0.4) is 0 Å². The van der Waals surface area contributed by atoms with E-state index in [0.29, 0.717) is 22.8 Å². The van der Waals surface area contributed by atoms with Crippen LogP contribution in [0.4, 0.5) is 19.0 Å². The Balaban J connectivity index is 1.58. The maximum atomic E-state index is 12.6. The Kier molecular flexibility index (Phi) is 5.55. The van der Waals surface area contributed by atoms with Gasteiger partial charge < -0.3 is 15.0 Å². The van der Waals surface area contributed by atoms with Gasteiger partial charge in [-0.15, -0.1) is 18.3 Å². The van der Waals surface area contributed by atoms with Crippen LogP contribution in [0.15, 0.2) is 36.5 Å². The average Bonchev–Trinajstić information content (AvgIpc) is 3.09. The average molecular weight is 419 g/mol. The van der Waals surface area contributed by atoms with E-state index in [9.17, 15) is 13.2 Å². The Hall–Kier alpha value is -2.81. The minimum absolute atomic E-state index is 0.275. The van der Waals surface area contributed by atoms with Gasteiger partial charge in [0.05, 0.1) is 11.9 Å². The fraction of sp³-hybridized carbons (Fsp3) is 0.429. The second-order valence-electron chi connectivity index (χ2n) is 7.79. The van der Waals surface area contributed by atoms with Crippen molar-refractivity contribution in [3.05, 3.63) is 42.1 Å². The lowest BCUT2D eigenvalue weighted by molar-refractivity contribution is -0.274. The van der Waals surface area contributed by atoms with Crippen molar-refractivity contribution in [3.63, 3.8) is 0 Å². The summed E-state index contributed by atoms with van der Waals surface area (Å²) < 4.78 is 43.4. The Morgan fingerprint density at radius 3 is 2.70 bits per heavy atom. The molecule has 4 rings (SSSR count). The van der Waals surface area contributed by atoms with Gasteiger partial charge in [-0.25, -0.2) is 9.50 Å². The summed E-state index contributed by atoms with van der Waals surface area (Å²) in [6.45, 7) is 5.00. The monoisotopic (exact) mass is 419 g/mol. The van der Waals surface area contributed by atoms with Crippen molar-refractivity contribution >= 4 is 11.5 Å². The van der Waals surface area contributed by atoms with Gasteiger partial charge in [0, 0.05) is 12.1 Å². The topological polar surface area (TPSA) is 54.7 Å². The number of ether oxygens (including phenoxy) is 1. The standard InChI is InChI=1S/C21H24F3N5O/c1-14-10-19-25-13-18(16-4-3-5-17(11-16)30-21(22,23)24)29(19)27-20(14)26-12-15-6-8-28(2)9-7-15/h3-5,10-11,13,15H,6-9,12H2,1-2H3,(H,26,27). The van der Waals surface area contributed by atoms with Gasteiger partial charge in [0.25, 0.3) is 0 Å². The number of fused-ring (bicyclic) bond motifs is 1. The van der Waals surface area contributed by atoms with Crippen molar-refractivity contribution < 1.29 is 17.9 Å². The van der Waals surface area contributed by atoms with Crippen LogP contribution in [0, 0.1) is 12.8 Å². The molecular formula is C21H24F3N5O. The molecule has 2 aromatic heterocycles. The summed E-state index contributed by atoms with van der Waals surface area (Å²) in [6, 6.07) is 7.75. The molecule has 1 fully saturated rings. The summed E-state index contributed by atoms with van der Waals surface area (Å²) in [6.07, 6.45) is -0.839. The van der Waals surface area contributed by atoms with Gasteiger partial charge in [0.15, 0.2) is 5.65 Å². The summed E-state index contributed by atoms with van der Waals surface area (Å²) in [5.74, 6) is 1.07. The summed E-state index contributed by atoms with van der Waals surface area (Å²) >= 11 is 0. The first-order valence-corrected chi connectivity index (χ1v) is 9.92.